The monoisotopic (exact) mass is 277 g/mol. The van der Waals surface area contributed by atoms with Gasteiger partial charge >= 0.3 is 0 Å². The summed E-state index contributed by atoms with van der Waals surface area (Å²) in [6.45, 7) is 7.45. The van der Waals surface area contributed by atoms with Gasteiger partial charge in [-0.3, -0.25) is 15.0 Å². The van der Waals surface area contributed by atoms with E-state index in [-0.39, 0.29) is 10.6 Å². The van der Waals surface area contributed by atoms with E-state index >= 15 is 0 Å². The molecule has 2 rings (SSSR count). The zero-order valence-corrected chi connectivity index (χ0v) is 12.4. The second-order valence-electron chi connectivity index (χ2n) is 5.96. The van der Waals surface area contributed by atoms with Crippen molar-refractivity contribution in [2.24, 2.45) is 11.8 Å². The highest BCUT2D eigenvalue weighted by Crippen LogP contribution is 2.30. The van der Waals surface area contributed by atoms with E-state index in [1.54, 1.807) is 19.2 Å². The summed E-state index contributed by atoms with van der Waals surface area (Å²) in [4.78, 5) is 13.2. The van der Waals surface area contributed by atoms with Gasteiger partial charge in [-0.25, -0.2) is 0 Å². The van der Waals surface area contributed by atoms with Crippen molar-refractivity contribution >= 4 is 11.4 Å². The molecule has 0 saturated carbocycles. The number of likely N-dealkylation sites (tertiary alicyclic amines) is 1. The number of piperidine rings is 1. The van der Waals surface area contributed by atoms with Crippen LogP contribution in [0.25, 0.3) is 0 Å². The zero-order valence-electron chi connectivity index (χ0n) is 12.4. The summed E-state index contributed by atoms with van der Waals surface area (Å²) >= 11 is 0. The van der Waals surface area contributed by atoms with E-state index in [4.69, 9.17) is 0 Å². The lowest BCUT2D eigenvalue weighted by Gasteiger charge is -2.35. The maximum absolute atomic E-state index is 11.1. The van der Waals surface area contributed by atoms with Gasteiger partial charge in [0.05, 0.1) is 4.92 Å². The van der Waals surface area contributed by atoms with E-state index < -0.39 is 0 Å². The normalized spacial score (nSPS) is 23.6. The summed E-state index contributed by atoms with van der Waals surface area (Å²) in [5, 5.41) is 14.1. The molecule has 1 heterocycles. The maximum atomic E-state index is 11.1. The largest absolute Gasteiger partial charge is 0.382 e. The molecule has 1 N–H and O–H groups in total. The van der Waals surface area contributed by atoms with Crippen molar-refractivity contribution in [1.82, 2.24) is 4.90 Å². The number of anilines is 1. The van der Waals surface area contributed by atoms with Crippen molar-refractivity contribution in [1.29, 1.82) is 0 Å². The van der Waals surface area contributed by atoms with Crippen LogP contribution in [0.4, 0.5) is 11.4 Å². The highest BCUT2D eigenvalue weighted by molar-refractivity contribution is 5.66. The Morgan fingerprint density at radius 2 is 2.00 bits per heavy atom. The van der Waals surface area contributed by atoms with Crippen LogP contribution in [0.1, 0.15) is 25.8 Å². The molecule has 5 nitrogen and oxygen atoms in total. The summed E-state index contributed by atoms with van der Waals surface area (Å²) in [7, 11) is 1.74. The standard InChI is InChI=1S/C15H23N3O2/c1-11-7-12(2)9-17(8-11)10-13-5-4-6-14(18(19)20)15(13)16-3/h4-6,11-12,16H,7-10H2,1-3H3. The Hall–Kier alpha value is -1.62. The van der Waals surface area contributed by atoms with Crippen molar-refractivity contribution in [3.05, 3.63) is 33.9 Å². The number of hydrogen-bond acceptors (Lipinski definition) is 4. The molecule has 2 unspecified atom stereocenters. The molecule has 0 spiro atoms. The first-order valence-corrected chi connectivity index (χ1v) is 7.17. The number of hydrogen-bond donors (Lipinski definition) is 1. The molecule has 1 aromatic carbocycles. The quantitative estimate of drug-likeness (QED) is 0.678. The van der Waals surface area contributed by atoms with Crippen molar-refractivity contribution in [2.45, 2.75) is 26.8 Å². The van der Waals surface area contributed by atoms with Crippen LogP contribution in [0.3, 0.4) is 0 Å². The van der Waals surface area contributed by atoms with Gasteiger partial charge < -0.3 is 5.32 Å². The van der Waals surface area contributed by atoms with Gasteiger partial charge in [0, 0.05) is 32.7 Å². The Balaban J connectivity index is 2.20. The molecule has 5 heteroatoms. The van der Waals surface area contributed by atoms with E-state index in [0.717, 1.165) is 25.2 Å². The highest BCUT2D eigenvalue weighted by Gasteiger charge is 2.24. The topological polar surface area (TPSA) is 58.4 Å². The van der Waals surface area contributed by atoms with Crippen LogP contribution in [0.15, 0.2) is 18.2 Å². The molecule has 1 aliphatic rings. The third kappa shape index (κ3) is 3.28. The fraction of sp³-hybridized carbons (Fsp3) is 0.600. The second-order valence-corrected chi connectivity index (χ2v) is 5.96. The number of benzene rings is 1. The Bertz CT molecular complexity index is 480. The minimum Gasteiger partial charge on any atom is -0.382 e. The van der Waals surface area contributed by atoms with E-state index in [1.807, 2.05) is 6.07 Å². The maximum Gasteiger partial charge on any atom is 0.292 e. The average Bonchev–Trinajstić information content (AvgIpc) is 2.37. The first kappa shape index (κ1) is 14.8. The smallest absolute Gasteiger partial charge is 0.292 e. The average molecular weight is 277 g/mol. The molecule has 1 aromatic rings. The number of rotatable bonds is 4. The van der Waals surface area contributed by atoms with Crippen molar-refractivity contribution < 1.29 is 4.92 Å². The van der Waals surface area contributed by atoms with Gasteiger partial charge in [-0.05, 0) is 23.8 Å². The van der Waals surface area contributed by atoms with Crippen molar-refractivity contribution in [3.8, 4) is 0 Å². The Labute approximate surface area is 120 Å². The molecule has 0 aliphatic carbocycles. The first-order chi connectivity index (χ1) is 9.51. The van der Waals surface area contributed by atoms with Crippen molar-refractivity contribution in [3.63, 3.8) is 0 Å². The van der Waals surface area contributed by atoms with Crippen LogP contribution < -0.4 is 5.32 Å². The lowest BCUT2D eigenvalue weighted by atomic mass is 9.91. The molecular weight excluding hydrogens is 254 g/mol. The predicted octanol–water partition coefficient (Wildman–Crippen LogP) is 3.11. The summed E-state index contributed by atoms with van der Waals surface area (Å²) in [6.07, 6.45) is 1.27. The van der Waals surface area contributed by atoms with Gasteiger partial charge in [0.1, 0.15) is 5.69 Å². The number of nitrogens with one attached hydrogen (secondary N) is 1. The van der Waals surface area contributed by atoms with Crippen molar-refractivity contribution in [2.75, 3.05) is 25.5 Å². The molecule has 0 radical (unpaired) electrons. The fourth-order valence-corrected chi connectivity index (χ4v) is 3.32. The van der Waals surface area contributed by atoms with Gasteiger partial charge in [-0.1, -0.05) is 26.0 Å². The van der Waals surface area contributed by atoms with Crippen LogP contribution in [-0.4, -0.2) is 30.0 Å². The van der Waals surface area contributed by atoms with Gasteiger partial charge in [0.15, 0.2) is 0 Å². The van der Waals surface area contributed by atoms with E-state index in [9.17, 15) is 10.1 Å². The Morgan fingerprint density at radius 1 is 1.35 bits per heavy atom. The van der Waals surface area contributed by atoms with Crippen LogP contribution >= 0.6 is 0 Å². The Morgan fingerprint density at radius 3 is 2.55 bits per heavy atom. The zero-order chi connectivity index (χ0) is 14.7. The number of nitro benzene ring substituents is 1. The number of nitro groups is 1. The van der Waals surface area contributed by atoms with Crippen LogP contribution in [0.2, 0.25) is 0 Å². The first-order valence-electron chi connectivity index (χ1n) is 7.17. The molecule has 0 aromatic heterocycles. The predicted molar refractivity (Wildman–Crippen MR) is 80.9 cm³/mol. The second kappa shape index (κ2) is 6.22. The van der Waals surface area contributed by atoms with Gasteiger partial charge in [-0.2, -0.15) is 0 Å². The lowest BCUT2D eigenvalue weighted by molar-refractivity contribution is -0.384. The molecule has 1 fully saturated rings. The highest BCUT2D eigenvalue weighted by atomic mass is 16.6. The SMILES string of the molecule is CNc1c(CN2CC(C)CC(C)C2)cccc1[N+](=O)[O-]. The molecule has 0 amide bonds. The minimum atomic E-state index is -0.323. The van der Waals surface area contributed by atoms with Gasteiger partial charge in [-0.15, -0.1) is 0 Å². The fourth-order valence-electron chi connectivity index (χ4n) is 3.32. The molecule has 110 valence electrons. The van der Waals surface area contributed by atoms with E-state index in [0.29, 0.717) is 17.5 Å². The van der Waals surface area contributed by atoms with Gasteiger partial charge in [0.25, 0.3) is 5.69 Å². The molecule has 1 aliphatic heterocycles. The third-order valence-corrected chi connectivity index (χ3v) is 3.91. The summed E-state index contributed by atoms with van der Waals surface area (Å²) in [5.74, 6) is 1.38. The molecular formula is C15H23N3O2. The molecule has 0 bridgehead atoms. The Kier molecular flexibility index (Phi) is 4.60. The molecule has 1 saturated heterocycles. The number of para-hydroxylation sites is 1. The summed E-state index contributed by atoms with van der Waals surface area (Å²) in [6, 6.07) is 5.30. The molecule has 20 heavy (non-hydrogen) atoms. The van der Waals surface area contributed by atoms with Crippen LogP contribution in [0, 0.1) is 22.0 Å². The third-order valence-electron chi connectivity index (χ3n) is 3.91. The van der Waals surface area contributed by atoms with Gasteiger partial charge in [0.2, 0.25) is 0 Å². The minimum absolute atomic E-state index is 0.156. The van der Waals surface area contributed by atoms with E-state index in [2.05, 4.69) is 24.1 Å². The summed E-state index contributed by atoms with van der Waals surface area (Å²) < 4.78 is 0. The lowest BCUT2D eigenvalue weighted by Crippen LogP contribution is -2.38. The summed E-state index contributed by atoms with van der Waals surface area (Å²) in [5.41, 5.74) is 1.80. The number of nitrogens with zero attached hydrogens (tertiary/aromatic N) is 2. The molecule has 2 atom stereocenters. The van der Waals surface area contributed by atoms with Crippen LogP contribution in [-0.2, 0) is 6.54 Å². The van der Waals surface area contributed by atoms with Crippen LogP contribution in [0.5, 0.6) is 0 Å². The van der Waals surface area contributed by atoms with E-state index in [1.165, 1.54) is 6.42 Å².